The molecule has 1 rings (SSSR count). The van der Waals surface area contributed by atoms with Crippen molar-refractivity contribution in [2.75, 3.05) is 6.61 Å². The molecule has 0 aromatic heterocycles. The van der Waals surface area contributed by atoms with Crippen LogP contribution in [-0.2, 0) is 0 Å². The maximum atomic E-state index is 13.1. The van der Waals surface area contributed by atoms with Crippen molar-refractivity contribution in [1.29, 1.82) is 0 Å². The van der Waals surface area contributed by atoms with Crippen molar-refractivity contribution >= 4 is 29.7 Å². The standard InChI is InChI=1S/C9H9ClF2N2O3.ClH/c10-7-2-1-5(14(16)17)3-6(7)8(13)9(11,12)4-15;/h1-3,8,15H,4,13H2;1H/t8-;/m0./s1. The smallest absolute Gasteiger partial charge is 0.289 e. The predicted molar refractivity (Wildman–Crippen MR) is 64.3 cm³/mol. The Morgan fingerprint density at radius 1 is 1.56 bits per heavy atom. The summed E-state index contributed by atoms with van der Waals surface area (Å²) in [6.45, 7) is -1.47. The number of nitro groups is 1. The summed E-state index contributed by atoms with van der Waals surface area (Å²) in [5.41, 5.74) is 4.56. The topological polar surface area (TPSA) is 89.4 Å². The molecule has 0 saturated carbocycles. The summed E-state index contributed by atoms with van der Waals surface area (Å²) in [7, 11) is 0. The number of benzene rings is 1. The molecule has 0 unspecified atom stereocenters. The van der Waals surface area contributed by atoms with E-state index in [1.165, 1.54) is 0 Å². The Balaban J connectivity index is 0.00000289. The Morgan fingerprint density at radius 3 is 2.56 bits per heavy atom. The molecule has 0 spiro atoms. The minimum absolute atomic E-state index is 0. The Bertz CT molecular complexity index is 446. The van der Waals surface area contributed by atoms with Gasteiger partial charge in [-0.15, -0.1) is 12.4 Å². The summed E-state index contributed by atoms with van der Waals surface area (Å²) in [5, 5.41) is 18.9. The monoisotopic (exact) mass is 302 g/mol. The van der Waals surface area contributed by atoms with Gasteiger partial charge in [0.25, 0.3) is 11.6 Å². The molecule has 3 N–H and O–H groups in total. The first-order valence-electron chi connectivity index (χ1n) is 4.47. The summed E-state index contributed by atoms with van der Waals surface area (Å²) in [6, 6.07) is 1.16. The van der Waals surface area contributed by atoms with E-state index in [2.05, 4.69) is 0 Å². The number of hydrogen-bond donors (Lipinski definition) is 2. The van der Waals surface area contributed by atoms with Gasteiger partial charge in [0.05, 0.1) is 11.0 Å². The summed E-state index contributed by atoms with van der Waals surface area (Å²) >= 11 is 5.64. The molecule has 0 aliphatic carbocycles. The van der Waals surface area contributed by atoms with Crippen LogP contribution in [-0.4, -0.2) is 22.6 Å². The Morgan fingerprint density at radius 2 is 2.11 bits per heavy atom. The summed E-state index contributed by atoms with van der Waals surface area (Å²) < 4.78 is 26.3. The maximum Gasteiger partial charge on any atom is 0.289 e. The van der Waals surface area contributed by atoms with Crippen LogP contribution in [0.25, 0.3) is 0 Å². The van der Waals surface area contributed by atoms with E-state index in [1.54, 1.807) is 0 Å². The van der Waals surface area contributed by atoms with E-state index in [1.807, 2.05) is 0 Å². The molecule has 1 aromatic rings. The molecule has 18 heavy (non-hydrogen) atoms. The molecule has 1 atom stereocenters. The van der Waals surface area contributed by atoms with Crippen LogP contribution in [0.2, 0.25) is 5.02 Å². The van der Waals surface area contributed by atoms with Crippen molar-refractivity contribution in [2.45, 2.75) is 12.0 Å². The van der Waals surface area contributed by atoms with Crippen LogP contribution in [0.4, 0.5) is 14.5 Å². The van der Waals surface area contributed by atoms with E-state index in [4.69, 9.17) is 22.4 Å². The number of hydrogen-bond acceptors (Lipinski definition) is 4. The van der Waals surface area contributed by atoms with Crippen molar-refractivity contribution in [1.82, 2.24) is 0 Å². The van der Waals surface area contributed by atoms with Crippen LogP contribution >= 0.6 is 24.0 Å². The average Bonchev–Trinajstić information content (AvgIpc) is 2.28. The van der Waals surface area contributed by atoms with Crippen molar-refractivity contribution in [3.8, 4) is 0 Å². The van der Waals surface area contributed by atoms with Gasteiger partial charge >= 0.3 is 0 Å². The number of non-ortho nitro benzene ring substituents is 1. The second-order valence-corrected chi connectivity index (χ2v) is 3.77. The number of nitrogens with two attached hydrogens (primary N) is 1. The highest BCUT2D eigenvalue weighted by Crippen LogP contribution is 2.34. The summed E-state index contributed by atoms with van der Waals surface area (Å²) in [4.78, 5) is 9.74. The third kappa shape index (κ3) is 3.49. The van der Waals surface area contributed by atoms with Gasteiger partial charge < -0.3 is 10.8 Å². The van der Waals surface area contributed by atoms with E-state index in [9.17, 15) is 18.9 Å². The van der Waals surface area contributed by atoms with Gasteiger partial charge in [0, 0.05) is 22.7 Å². The lowest BCUT2D eigenvalue weighted by Crippen LogP contribution is -2.36. The molecule has 0 fully saturated rings. The minimum atomic E-state index is -3.60. The Labute approximate surface area is 112 Å². The summed E-state index contributed by atoms with van der Waals surface area (Å²) in [6.07, 6.45) is 0. The number of aliphatic hydroxyl groups is 1. The number of aliphatic hydroxyl groups excluding tert-OH is 1. The van der Waals surface area contributed by atoms with Gasteiger partial charge in [-0.05, 0) is 6.07 Å². The third-order valence-corrected chi connectivity index (χ3v) is 2.54. The fraction of sp³-hybridized carbons (Fsp3) is 0.333. The molecule has 102 valence electrons. The lowest BCUT2D eigenvalue weighted by atomic mass is 10.0. The number of rotatable bonds is 4. The second-order valence-electron chi connectivity index (χ2n) is 3.36. The van der Waals surface area contributed by atoms with E-state index in [-0.39, 0.29) is 23.0 Å². The van der Waals surface area contributed by atoms with Gasteiger partial charge in [-0.1, -0.05) is 11.6 Å². The van der Waals surface area contributed by atoms with Gasteiger partial charge in [-0.25, -0.2) is 8.78 Å². The number of nitrogens with zero attached hydrogens (tertiary/aromatic N) is 1. The molecule has 0 bridgehead atoms. The van der Waals surface area contributed by atoms with Crippen LogP contribution in [0.15, 0.2) is 18.2 Å². The largest absolute Gasteiger partial charge is 0.390 e. The van der Waals surface area contributed by atoms with Crippen LogP contribution < -0.4 is 5.73 Å². The molecule has 1 aromatic carbocycles. The number of halogens is 4. The molecule has 0 radical (unpaired) electrons. The van der Waals surface area contributed by atoms with Crippen molar-refractivity contribution in [3.63, 3.8) is 0 Å². The molecular formula is C9H10Cl2F2N2O3. The highest BCUT2D eigenvalue weighted by molar-refractivity contribution is 6.31. The van der Waals surface area contributed by atoms with E-state index in [0.717, 1.165) is 18.2 Å². The molecule has 0 aliphatic heterocycles. The SMILES string of the molecule is Cl.N[C@@H](c1cc([N+](=O)[O-])ccc1Cl)C(F)(F)CO. The third-order valence-electron chi connectivity index (χ3n) is 2.19. The van der Waals surface area contributed by atoms with Crippen molar-refractivity contribution < 1.29 is 18.8 Å². The van der Waals surface area contributed by atoms with E-state index in [0.29, 0.717) is 0 Å². The molecular weight excluding hydrogens is 293 g/mol. The van der Waals surface area contributed by atoms with Gasteiger partial charge in [0.15, 0.2) is 0 Å². The molecule has 0 aliphatic rings. The Hall–Kier alpha value is -1.02. The van der Waals surface area contributed by atoms with Gasteiger partial charge in [0.1, 0.15) is 6.61 Å². The van der Waals surface area contributed by atoms with Crippen molar-refractivity contribution in [3.05, 3.63) is 38.9 Å². The number of alkyl halides is 2. The highest BCUT2D eigenvalue weighted by atomic mass is 35.5. The second kappa shape index (κ2) is 6.24. The summed E-state index contributed by atoms with van der Waals surface area (Å²) in [5.74, 6) is -3.60. The fourth-order valence-corrected chi connectivity index (χ4v) is 1.44. The highest BCUT2D eigenvalue weighted by Gasteiger charge is 2.38. The first-order chi connectivity index (χ1) is 7.79. The lowest BCUT2D eigenvalue weighted by molar-refractivity contribution is -0.385. The van der Waals surface area contributed by atoms with Gasteiger partial charge in [-0.2, -0.15) is 0 Å². The molecule has 9 heteroatoms. The lowest BCUT2D eigenvalue weighted by Gasteiger charge is -2.22. The number of nitro benzene ring substituents is 1. The zero-order valence-corrected chi connectivity index (χ0v) is 10.4. The maximum absolute atomic E-state index is 13.1. The minimum Gasteiger partial charge on any atom is -0.390 e. The molecule has 0 amide bonds. The predicted octanol–water partition coefficient (Wildman–Crippen LogP) is 2.30. The quantitative estimate of drug-likeness (QED) is 0.659. The zero-order valence-electron chi connectivity index (χ0n) is 8.85. The van der Waals surface area contributed by atoms with Crippen LogP contribution in [0.5, 0.6) is 0 Å². The average molecular weight is 303 g/mol. The van der Waals surface area contributed by atoms with E-state index < -0.39 is 29.2 Å². The van der Waals surface area contributed by atoms with Crippen LogP contribution in [0.1, 0.15) is 11.6 Å². The van der Waals surface area contributed by atoms with Crippen molar-refractivity contribution in [2.24, 2.45) is 5.73 Å². The van der Waals surface area contributed by atoms with Gasteiger partial charge in [-0.3, -0.25) is 10.1 Å². The van der Waals surface area contributed by atoms with Gasteiger partial charge in [0.2, 0.25) is 0 Å². The first kappa shape index (κ1) is 17.0. The van der Waals surface area contributed by atoms with Crippen LogP contribution in [0.3, 0.4) is 0 Å². The fourth-order valence-electron chi connectivity index (χ4n) is 1.21. The zero-order chi connectivity index (χ0) is 13.2. The normalized spacial score (nSPS) is 12.7. The Kier molecular flexibility index (Phi) is 5.88. The molecule has 0 heterocycles. The van der Waals surface area contributed by atoms with E-state index >= 15 is 0 Å². The first-order valence-corrected chi connectivity index (χ1v) is 4.85. The molecule has 0 saturated heterocycles. The van der Waals surface area contributed by atoms with Crippen LogP contribution in [0, 0.1) is 10.1 Å². The molecule has 5 nitrogen and oxygen atoms in total.